The number of phenols is 1. The van der Waals surface area contributed by atoms with Gasteiger partial charge in [-0.3, -0.25) is 9.55 Å². The van der Waals surface area contributed by atoms with Gasteiger partial charge in [0.15, 0.2) is 0 Å². The van der Waals surface area contributed by atoms with E-state index in [0.29, 0.717) is 61.4 Å². The number of para-hydroxylation sites is 1. The Balaban J connectivity index is 1.33. The van der Waals surface area contributed by atoms with Gasteiger partial charge in [-0.05, 0) is 150 Å². The van der Waals surface area contributed by atoms with Gasteiger partial charge < -0.3 is 5.11 Å². The fourth-order valence-corrected chi connectivity index (χ4v) is 9.29. The summed E-state index contributed by atoms with van der Waals surface area (Å²) < 4.78 is 122. The van der Waals surface area contributed by atoms with Crippen LogP contribution in [0.15, 0.2) is 158 Å². The minimum atomic E-state index is -3.41. The topological polar surface area (TPSA) is 50.9 Å². The number of aromatic nitrogens is 3. The Kier molecular flexibility index (Phi) is 8.99. The van der Waals surface area contributed by atoms with Crippen molar-refractivity contribution in [2.75, 3.05) is 0 Å². The molecule has 0 bridgehead atoms. The molecule has 0 atom stereocenters. The summed E-state index contributed by atoms with van der Waals surface area (Å²) in [6.45, 7) is 6.64. The molecule has 0 saturated carbocycles. The Morgan fingerprint density at radius 1 is 0.521 bits per heavy atom. The van der Waals surface area contributed by atoms with E-state index in [9.17, 15) is 7.85 Å². The van der Waals surface area contributed by atoms with Gasteiger partial charge in [0, 0.05) is 42.1 Å². The van der Waals surface area contributed by atoms with Crippen molar-refractivity contribution >= 4 is 11.0 Å². The first-order chi connectivity index (χ1) is 39.1. The van der Waals surface area contributed by atoms with E-state index >= 15 is 0 Å². The third kappa shape index (κ3) is 9.74. The molecule has 7 aromatic carbocycles. The van der Waals surface area contributed by atoms with E-state index in [4.69, 9.17) is 26.4 Å². The van der Waals surface area contributed by atoms with Crippen molar-refractivity contribution in [1.29, 1.82) is 0 Å². The van der Waals surface area contributed by atoms with Crippen LogP contribution >= 0.6 is 0 Å². The van der Waals surface area contributed by atoms with Crippen LogP contribution in [-0.2, 0) is 16.2 Å². The average molecular weight is 948 g/mol. The van der Waals surface area contributed by atoms with Crippen LogP contribution in [0.4, 0.5) is 0 Å². The van der Waals surface area contributed by atoms with E-state index in [1.807, 2.05) is 95.6 Å². The number of hydrogen-bond donors (Lipinski definition) is 1. The van der Waals surface area contributed by atoms with Crippen LogP contribution in [-0.4, -0.2) is 19.6 Å². The van der Waals surface area contributed by atoms with E-state index < -0.39 is 50.0 Å². The molecule has 1 N–H and O–H groups in total. The molecule has 0 amide bonds. The molecule has 4 nitrogen and oxygen atoms in total. The molecular formula is C67H71N3O. The maximum Gasteiger partial charge on any atom is 0.149 e. The zero-order valence-electron chi connectivity index (χ0n) is 56.3. The van der Waals surface area contributed by atoms with Crippen molar-refractivity contribution in [1.82, 2.24) is 14.5 Å². The summed E-state index contributed by atoms with van der Waals surface area (Å²) >= 11 is 0. The van der Waals surface area contributed by atoms with Crippen LogP contribution in [0, 0.1) is 6.85 Å². The van der Waals surface area contributed by atoms with Gasteiger partial charge in [0.1, 0.15) is 11.6 Å². The third-order valence-corrected chi connectivity index (χ3v) is 13.5. The maximum absolute atomic E-state index is 12.6. The fourth-order valence-electron chi connectivity index (χ4n) is 9.29. The zero-order valence-corrected chi connectivity index (χ0v) is 42.3. The van der Waals surface area contributed by atoms with E-state index in [0.717, 1.165) is 27.8 Å². The molecule has 9 aromatic rings. The van der Waals surface area contributed by atoms with Crippen molar-refractivity contribution < 1.29 is 24.3 Å². The number of pyridine rings is 1. The molecular weight excluding hydrogens is 863 g/mol. The van der Waals surface area contributed by atoms with E-state index in [2.05, 4.69) is 53.7 Å². The molecule has 0 fully saturated rings. The molecule has 0 unspecified atom stereocenters. The normalized spacial score (nSPS) is 16.3. The van der Waals surface area contributed by atoms with Crippen LogP contribution in [0.25, 0.3) is 83.9 Å². The Labute approximate surface area is 443 Å². The number of benzene rings is 7. The Bertz CT molecular complexity index is 3940. The summed E-state index contributed by atoms with van der Waals surface area (Å²) in [5, 5.41) is 12.6. The highest BCUT2D eigenvalue weighted by atomic mass is 16.3. The first-order valence-corrected chi connectivity index (χ1v) is 24.1. The van der Waals surface area contributed by atoms with Gasteiger partial charge in [0.05, 0.1) is 28.0 Å². The summed E-state index contributed by atoms with van der Waals surface area (Å²) in [5.74, 6) is -2.49. The number of phenolic OH excluding ortho intramolecular Hbond substituents is 1. The van der Waals surface area contributed by atoms with Crippen molar-refractivity contribution in [3.63, 3.8) is 0 Å². The number of nitrogens with zero attached hydrogens (tertiary/aromatic N) is 3. The number of rotatable bonds is 9. The molecule has 4 heteroatoms. The number of imidazole rings is 1. The van der Waals surface area contributed by atoms with Crippen molar-refractivity contribution in [2.24, 2.45) is 0 Å². The summed E-state index contributed by atoms with van der Waals surface area (Å²) in [7, 11) is 0. The summed E-state index contributed by atoms with van der Waals surface area (Å²) in [6.07, 6.45) is 1.63. The molecule has 0 aliphatic carbocycles. The highest BCUT2D eigenvalue weighted by Gasteiger charge is 2.27. The Morgan fingerprint density at radius 2 is 1.17 bits per heavy atom. The number of hydrogen-bond acceptors (Lipinski definition) is 3. The smallest absolute Gasteiger partial charge is 0.149 e. The number of aromatic hydroxyl groups is 1. The van der Waals surface area contributed by atoms with E-state index in [1.54, 1.807) is 58.2 Å². The standard InChI is InChI=1S/C67H71N3O/c1-41(2)48-37-55(42(3)4)63(71)58(38-48)64-69-62-54(49-34-50(36-53(35-49)67(12,13)14)59-39-47(31-32-68-59)44-23-27-51(28-24-44)65(6,7)8)21-18-22-60(62)70(64)61-33-43(5)56(40-57(61)45-19-16-15-17-20-45)46-25-29-52(30-26-46)66(9,10)11/h15-42,71H,1-14H3/i5D3,6D3,7D3,8D3,41D,42D. The monoisotopic (exact) mass is 948 g/mol. The fraction of sp³-hybridized carbons (Fsp3) is 0.284. The zero-order chi connectivity index (χ0) is 62.6. The molecule has 9 rings (SSSR count). The highest BCUT2D eigenvalue weighted by molar-refractivity contribution is 5.98. The molecule has 0 saturated heterocycles. The summed E-state index contributed by atoms with van der Waals surface area (Å²) in [5.41, 5.74) is 7.21. The van der Waals surface area contributed by atoms with Crippen molar-refractivity contribution in [3.8, 4) is 78.6 Å². The molecule has 0 aliphatic heterocycles. The molecule has 0 radical (unpaired) electrons. The number of aryl methyl sites for hydroxylation is 1. The Hall–Kier alpha value is -7.04. The van der Waals surface area contributed by atoms with Gasteiger partial charge in [-0.2, -0.15) is 0 Å². The maximum atomic E-state index is 12.6. The van der Waals surface area contributed by atoms with Crippen molar-refractivity contribution in [3.05, 3.63) is 191 Å². The average Bonchev–Trinajstić information content (AvgIpc) is 1.45. The number of fused-ring (bicyclic) bond motifs is 1. The molecule has 71 heavy (non-hydrogen) atoms. The lowest BCUT2D eigenvalue weighted by Gasteiger charge is -2.22. The minimum Gasteiger partial charge on any atom is -0.507 e. The van der Waals surface area contributed by atoms with Gasteiger partial charge >= 0.3 is 0 Å². The largest absolute Gasteiger partial charge is 0.507 e. The second-order valence-corrected chi connectivity index (χ2v) is 21.3. The van der Waals surface area contributed by atoms with Gasteiger partial charge in [-0.15, -0.1) is 0 Å². The van der Waals surface area contributed by atoms with Crippen LogP contribution < -0.4 is 0 Å². The second-order valence-electron chi connectivity index (χ2n) is 21.3. The minimum absolute atomic E-state index is 0.0935. The van der Waals surface area contributed by atoms with Crippen LogP contribution in [0.3, 0.4) is 0 Å². The lowest BCUT2D eigenvalue weighted by atomic mass is 9.83. The molecule has 0 spiro atoms. The quantitative estimate of drug-likeness (QED) is 0.157. The Morgan fingerprint density at radius 3 is 1.80 bits per heavy atom. The van der Waals surface area contributed by atoms with E-state index in [-0.39, 0.29) is 39.2 Å². The molecule has 360 valence electrons. The van der Waals surface area contributed by atoms with Gasteiger partial charge in [0.25, 0.3) is 0 Å². The molecule has 0 aliphatic rings. The second kappa shape index (κ2) is 18.6. The summed E-state index contributed by atoms with van der Waals surface area (Å²) in [6, 6.07) is 45.8. The van der Waals surface area contributed by atoms with Crippen LogP contribution in [0.2, 0.25) is 0 Å². The molecule has 2 aromatic heterocycles. The first kappa shape index (κ1) is 34.3. The SMILES string of the molecule is [2H]C([2H])([2H])c1cc(-n2c(-c3cc(C([2H])(C)C)cc(C([2H])(C)C)c3O)nc3c(-c4cc(-c5cc(-c6ccc(C(C([2H])([2H])[2H])(C([2H])([2H])[2H])C([2H])([2H])[2H])cc6)ccn5)cc(C(C)(C)C)c4)cccc32)c(-c2ccccc2)cc1-c1ccc(C(C)(C)C)cc1. The van der Waals surface area contributed by atoms with Gasteiger partial charge in [0.2, 0.25) is 0 Å². The molecule has 2 heterocycles. The lowest BCUT2D eigenvalue weighted by Crippen LogP contribution is -2.11. The first-order valence-electron chi connectivity index (χ1n) is 31.1. The van der Waals surface area contributed by atoms with Gasteiger partial charge in [-0.25, -0.2) is 4.98 Å². The third-order valence-electron chi connectivity index (χ3n) is 13.5. The predicted octanol–water partition coefficient (Wildman–Crippen LogP) is 18.6. The lowest BCUT2D eigenvalue weighted by molar-refractivity contribution is 0.466. The van der Waals surface area contributed by atoms with E-state index in [1.165, 1.54) is 24.3 Å². The van der Waals surface area contributed by atoms with Gasteiger partial charge in [-0.1, -0.05) is 193 Å². The predicted molar refractivity (Wildman–Crippen MR) is 302 cm³/mol. The highest BCUT2D eigenvalue weighted by Crippen LogP contribution is 2.46. The van der Waals surface area contributed by atoms with Crippen LogP contribution in [0.1, 0.15) is 154 Å². The summed E-state index contributed by atoms with van der Waals surface area (Å²) in [4.78, 5) is 10.4. The van der Waals surface area contributed by atoms with Crippen LogP contribution in [0.5, 0.6) is 5.75 Å². The van der Waals surface area contributed by atoms with Crippen molar-refractivity contribution in [2.45, 2.75) is 125 Å².